The summed E-state index contributed by atoms with van der Waals surface area (Å²) in [6.45, 7) is 1.28. The summed E-state index contributed by atoms with van der Waals surface area (Å²) in [5.74, 6) is -0.928. The molecule has 5 rings (SSSR count). The molecule has 0 aromatic heterocycles. The summed E-state index contributed by atoms with van der Waals surface area (Å²) in [5.41, 5.74) is 4.72. The van der Waals surface area contributed by atoms with Gasteiger partial charge >= 0.3 is 12.1 Å². The Morgan fingerprint density at radius 2 is 1.63 bits per heavy atom. The van der Waals surface area contributed by atoms with E-state index in [1.165, 1.54) is 22.3 Å². The number of benzene rings is 2. The van der Waals surface area contributed by atoms with Crippen LogP contribution in [0, 0.1) is 11.8 Å². The zero-order valence-electron chi connectivity index (χ0n) is 19.8. The van der Waals surface area contributed by atoms with E-state index in [9.17, 15) is 19.5 Å². The summed E-state index contributed by atoms with van der Waals surface area (Å²) in [6, 6.07) is 16.2. The fourth-order valence-corrected chi connectivity index (χ4v) is 6.22. The summed E-state index contributed by atoms with van der Waals surface area (Å²) >= 11 is 0. The fourth-order valence-electron chi connectivity index (χ4n) is 6.22. The molecule has 2 aromatic carbocycles. The molecule has 2 N–H and O–H groups in total. The van der Waals surface area contributed by atoms with Crippen LogP contribution in [0.15, 0.2) is 48.5 Å². The zero-order valence-corrected chi connectivity index (χ0v) is 19.8. The number of likely N-dealkylation sites (tertiary alicyclic amines) is 1. The van der Waals surface area contributed by atoms with E-state index in [1.54, 1.807) is 4.90 Å². The molecule has 1 heterocycles. The summed E-state index contributed by atoms with van der Waals surface area (Å²) in [4.78, 5) is 38.8. The molecule has 0 bridgehead atoms. The van der Waals surface area contributed by atoms with Gasteiger partial charge in [-0.25, -0.2) is 4.79 Å². The first-order valence-electron chi connectivity index (χ1n) is 12.6. The number of alkyl carbamates (subject to hydrolysis) is 1. The Hall–Kier alpha value is -3.35. The predicted octanol–water partition coefficient (Wildman–Crippen LogP) is 4.41. The topological polar surface area (TPSA) is 95.9 Å². The number of carbonyl (C=O) groups is 3. The number of carbonyl (C=O) groups excluding carboxylic acids is 2. The monoisotopic (exact) mass is 476 g/mol. The van der Waals surface area contributed by atoms with Crippen molar-refractivity contribution in [2.24, 2.45) is 11.8 Å². The summed E-state index contributed by atoms with van der Waals surface area (Å²) in [6.07, 6.45) is 3.72. The third-order valence-electron chi connectivity index (χ3n) is 7.90. The number of fused-ring (bicyclic) bond motifs is 3. The second kappa shape index (κ2) is 10.1. The molecule has 3 atom stereocenters. The van der Waals surface area contributed by atoms with Crippen molar-refractivity contribution in [3.8, 4) is 11.1 Å². The molecule has 7 nitrogen and oxygen atoms in total. The number of aliphatic carboxylic acids is 1. The average molecular weight is 477 g/mol. The van der Waals surface area contributed by atoms with E-state index >= 15 is 0 Å². The third kappa shape index (κ3) is 4.77. The minimum atomic E-state index is -0.866. The second-order valence-electron chi connectivity index (χ2n) is 9.93. The standard InChI is InChI=1S/C28H32N2O5/c31-26(32)15-19-8-6-14-30(19)27(33)20-13-5-7-18(20)16-29-28(34)35-17-25-23-11-3-1-9-21(23)22-10-2-4-12-24(22)25/h1-4,9-12,18-20,25H,5-8,13-17H2,(H,29,34)(H,31,32)/t18?,19-,20?/m0/s1. The lowest BCUT2D eigenvalue weighted by molar-refractivity contribution is -0.141. The van der Waals surface area contributed by atoms with Crippen LogP contribution in [0.25, 0.3) is 11.1 Å². The van der Waals surface area contributed by atoms with Crippen molar-refractivity contribution >= 4 is 18.0 Å². The Labute approximate surface area is 205 Å². The largest absolute Gasteiger partial charge is 0.481 e. The van der Waals surface area contributed by atoms with Gasteiger partial charge in [-0.1, -0.05) is 55.0 Å². The molecule has 2 aliphatic carbocycles. The number of rotatable bonds is 7. The van der Waals surface area contributed by atoms with Gasteiger partial charge in [-0.3, -0.25) is 9.59 Å². The first kappa shape index (κ1) is 23.4. The number of amides is 2. The highest BCUT2D eigenvalue weighted by Gasteiger charge is 2.40. The summed E-state index contributed by atoms with van der Waals surface area (Å²) < 4.78 is 5.65. The molecule has 1 saturated carbocycles. The molecule has 2 amide bonds. The molecule has 0 spiro atoms. The average Bonchev–Trinajstić information content (AvgIpc) is 3.58. The van der Waals surface area contributed by atoms with Gasteiger partial charge in [0.25, 0.3) is 0 Å². The minimum Gasteiger partial charge on any atom is -0.481 e. The lowest BCUT2D eigenvalue weighted by Crippen LogP contribution is -2.43. The molecular formula is C28H32N2O5. The third-order valence-corrected chi connectivity index (χ3v) is 7.90. The molecule has 1 saturated heterocycles. The molecule has 0 radical (unpaired) electrons. The van der Waals surface area contributed by atoms with Gasteiger partial charge in [-0.05, 0) is 53.9 Å². The highest BCUT2D eigenvalue weighted by atomic mass is 16.5. The van der Waals surface area contributed by atoms with Crippen LogP contribution in [0.1, 0.15) is 55.6 Å². The Morgan fingerprint density at radius 1 is 0.943 bits per heavy atom. The molecule has 3 aliphatic rings. The quantitative estimate of drug-likeness (QED) is 0.617. The molecule has 2 aromatic rings. The lowest BCUT2D eigenvalue weighted by Gasteiger charge is -2.29. The number of nitrogens with one attached hydrogen (secondary N) is 1. The van der Waals surface area contributed by atoms with Crippen molar-refractivity contribution in [2.45, 2.75) is 50.5 Å². The van der Waals surface area contributed by atoms with E-state index in [1.807, 2.05) is 24.3 Å². The van der Waals surface area contributed by atoms with Crippen LogP contribution in [0.4, 0.5) is 4.79 Å². The maximum atomic E-state index is 13.2. The lowest BCUT2D eigenvalue weighted by atomic mass is 9.94. The summed E-state index contributed by atoms with van der Waals surface area (Å²) in [7, 11) is 0. The predicted molar refractivity (Wildman–Crippen MR) is 131 cm³/mol. The smallest absolute Gasteiger partial charge is 0.407 e. The molecule has 1 aliphatic heterocycles. The highest BCUT2D eigenvalue weighted by Crippen LogP contribution is 2.44. The molecule has 35 heavy (non-hydrogen) atoms. The number of ether oxygens (including phenoxy) is 1. The van der Waals surface area contributed by atoms with Crippen LogP contribution in [-0.4, -0.2) is 53.7 Å². The minimum absolute atomic E-state index is 0.00112. The second-order valence-corrected chi connectivity index (χ2v) is 9.93. The zero-order chi connectivity index (χ0) is 24.4. The first-order valence-corrected chi connectivity index (χ1v) is 12.6. The van der Waals surface area contributed by atoms with Crippen LogP contribution in [0.3, 0.4) is 0 Å². The van der Waals surface area contributed by atoms with Crippen LogP contribution in [0.2, 0.25) is 0 Å². The van der Waals surface area contributed by atoms with E-state index in [0.717, 1.165) is 32.1 Å². The van der Waals surface area contributed by atoms with Crippen LogP contribution < -0.4 is 5.32 Å². The Morgan fingerprint density at radius 3 is 2.31 bits per heavy atom. The van der Waals surface area contributed by atoms with Gasteiger partial charge in [-0.2, -0.15) is 0 Å². The Bertz CT molecular complexity index is 1070. The van der Waals surface area contributed by atoms with Crippen molar-refractivity contribution in [1.29, 1.82) is 0 Å². The van der Waals surface area contributed by atoms with E-state index < -0.39 is 12.1 Å². The van der Waals surface area contributed by atoms with Crippen LogP contribution >= 0.6 is 0 Å². The number of hydrogen-bond donors (Lipinski definition) is 2. The van der Waals surface area contributed by atoms with Gasteiger partial charge in [0.15, 0.2) is 0 Å². The molecule has 184 valence electrons. The maximum Gasteiger partial charge on any atom is 0.407 e. The SMILES string of the molecule is O=C(O)C[C@@H]1CCCN1C(=O)C1CCCC1CNC(=O)OCC1c2ccccc2-c2ccccc21. The first-order chi connectivity index (χ1) is 17.0. The van der Waals surface area contributed by atoms with Gasteiger partial charge in [0.2, 0.25) is 5.91 Å². The molecule has 7 heteroatoms. The van der Waals surface area contributed by atoms with E-state index in [4.69, 9.17) is 4.74 Å². The van der Waals surface area contributed by atoms with E-state index in [-0.39, 0.29) is 42.7 Å². The van der Waals surface area contributed by atoms with E-state index in [0.29, 0.717) is 13.1 Å². The molecule has 2 fully saturated rings. The normalized spacial score (nSPS) is 23.1. The van der Waals surface area contributed by atoms with Gasteiger partial charge in [0.05, 0.1) is 6.42 Å². The Kier molecular flexibility index (Phi) is 6.75. The maximum absolute atomic E-state index is 13.2. The van der Waals surface area contributed by atoms with Gasteiger partial charge in [-0.15, -0.1) is 0 Å². The highest BCUT2D eigenvalue weighted by molar-refractivity contribution is 5.81. The van der Waals surface area contributed by atoms with Crippen molar-refractivity contribution in [3.63, 3.8) is 0 Å². The number of hydrogen-bond acceptors (Lipinski definition) is 4. The van der Waals surface area contributed by atoms with E-state index in [2.05, 4.69) is 29.6 Å². The number of carboxylic acid groups (broad SMARTS) is 1. The van der Waals surface area contributed by atoms with Crippen molar-refractivity contribution < 1.29 is 24.2 Å². The molecule has 2 unspecified atom stereocenters. The van der Waals surface area contributed by atoms with Crippen LogP contribution in [-0.2, 0) is 14.3 Å². The van der Waals surface area contributed by atoms with Crippen molar-refractivity contribution in [2.75, 3.05) is 19.7 Å². The van der Waals surface area contributed by atoms with Crippen molar-refractivity contribution in [1.82, 2.24) is 10.2 Å². The van der Waals surface area contributed by atoms with Gasteiger partial charge < -0.3 is 20.1 Å². The van der Waals surface area contributed by atoms with Gasteiger partial charge in [0.1, 0.15) is 6.61 Å². The summed E-state index contributed by atoms with van der Waals surface area (Å²) in [5, 5.41) is 12.1. The van der Waals surface area contributed by atoms with Crippen molar-refractivity contribution in [3.05, 3.63) is 59.7 Å². The Balaban J connectivity index is 1.16. The van der Waals surface area contributed by atoms with Gasteiger partial charge in [0, 0.05) is 31.0 Å². The number of nitrogens with zero attached hydrogens (tertiary/aromatic N) is 1. The molecular weight excluding hydrogens is 444 g/mol. The van der Waals surface area contributed by atoms with Crippen LogP contribution in [0.5, 0.6) is 0 Å². The fraction of sp³-hybridized carbons (Fsp3) is 0.464. The number of carboxylic acids is 1.